The van der Waals surface area contributed by atoms with Crippen LogP contribution in [0.1, 0.15) is 64.3 Å². The molecule has 4 unspecified atom stereocenters. The lowest BCUT2D eigenvalue weighted by atomic mass is 9.83. The Morgan fingerprint density at radius 3 is 2.01 bits per heavy atom. The van der Waals surface area contributed by atoms with Gasteiger partial charge in [-0.3, -0.25) is 28.8 Å². The molecule has 0 aliphatic rings. The number of aromatic nitrogens is 1. The molecule has 2 aromatic carbocycles. The zero-order valence-corrected chi connectivity index (χ0v) is 46.3. The van der Waals surface area contributed by atoms with Crippen LogP contribution >= 0.6 is 23.5 Å². The van der Waals surface area contributed by atoms with Crippen molar-refractivity contribution >= 4 is 65.9 Å². The first-order valence-electron chi connectivity index (χ1n) is 24.9. The molecule has 4 atom stereocenters. The van der Waals surface area contributed by atoms with Gasteiger partial charge in [0.25, 0.3) is 0 Å². The van der Waals surface area contributed by atoms with Gasteiger partial charge in [0.05, 0.1) is 76.3 Å². The van der Waals surface area contributed by atoms with E-state index < -0.39 is 64.2 Å². The zero-order chi connectivity index (χ0) is 57.6. The maximum Gasteiger partial charge on any atom is 0.321 e. The van der Waals surface area contributed by atoms with Gasteiger partial charge in [-0.05, 0) is 62.2 Å². The van der Waals surface area contributed by atoms with Gasteiger partial charge in [0.15, 0.2) is 0 Å². The number of benzene rings is 2. The van der Waals surface area contributed by atoms with Crippen molar-refractivity contribution in [1.29, 1.82) is 0 Å². The SMILES string of the molecule is CCNC(=O)C(CC(=O)O)SCC(N)C(=O)O.CNC(CSCC(=O)N(CCCN)C(c1cc(-c2cc(F)ccc2F)cn1Cc1ccccc1)C(C)(C)C)C(=O)O.O=CCCOCCOCCOCCOCCNC=O. The molecular formula is C52H79F2N7O14S2. The van der Waals surface area contributed by atoms with Gasteiger partial charge < -0.3 is 75.9 Å². The summed E-state index contributed by atoms with van der Waals surface area (Å²) in [5, 5.41) is 33.5. The Balaban J connectivity index is 0.000000682. The number of ether oxygens (including phenoxy) is 4. The third-order valence-electron chi connectivity index (χ3n) is 10.6. The number of halogens is 2. The van der Waals surface area contributed by atoms with Gasteiger partial charge in [0.1, 0.15) is 30.0 Å². The van der Waals surface area contributed by atoms with Crippen molar-refractivity contribution in [3.05, 3.63) is 83.7 Å². The normalized spacial score (nSPS) is 12.6. The fourth-order valence-corrected chi connectivity index (χ4v) is 9.03. The van der Waals surface area contributed by atoms with Crippen LogP contribution in [-0.4, -0.2) is 188 Å². The highest BCUT2D eigenvalue weighted by Gasteiger charge is 2.37. The predicted molar refractivity (Wildman–Crippen MR) is 292 cm³/mol. The van der Waals surface area contributed by atoms with Crippen molar-refractivity contribution < 1.29 is 76.6 Å². The summed E-state index contributed by atoms with van der Waals surface area (Å²) in [6.07, 6.45) is 3.91. The molecule has 0 bridgehead atoms. The number of amides is 3. The van der Waals surface area contributed by atoms with Crippen molar-refractivity contribution in [3.8, 4) is 11.1 Å². The molecule has 1 heterocycles. The highest BCUT2D eigenvalue weighted by atomic mass is 32.2. The standard InChI is InChI=1S/C31H40F2N4O3S.C12H23NO6.C9H16N2O5S/c1-31(2,3)29(37(14-8-13-34)28(38)20-41-19-26(35-4)30(39)40)27-15-22(24-16-23(32)11-12-25(24)33)18-36(27)17-21-9-6-5-7-10-21;14-3-1-4-16-6-8-18-10-11-19-9-7-17-5-2-13-12-15;1-2-11-8(14)6(3-7(12)13)17-4-5(10)9(15)16/h5-7,9-12,15-16,18,26,29,35H,8,13-14,17,19-20,34H2,1-4H3,(H,39,40);3,12H,1-2,4-11H2,(H,13,15);5-6H,2-4,10H2,1H3,(H,11,14)(H,12,13)(H,15,16). The van der Waals surface area contributed by atoms with E-state index in [2.05, 4.69) is 16.0 Å². The van der Waals surface area contributed by atoms with E-state index in [-0.39, 0.29) is 35.2 Å². The number of hydrogen-bond donors (Lipinski definition) is 8. The summed E-state index contributed by atoms with van der Waals surface area (Å²) in [5.41, 5.74) is 13.1. The number of thioether (sulfide) groups is 2. The summed E-state index contributed by atoms with van der Waals surface area (Å²) in [6, 6.07) is 12.7. The lowest BCUT2D eigenvalue weighted by Crippen LogP contribution is -2.44. The smallest absolute Gasteiger partial charge is 0.321 e. The Kier molecular flexibility index (Phi) is 36.7. The molecule has 0 radical (unpaired) electrons. The summed E-state index contributed by atoms with van der Waals surface area (Å²) in [7, 11) is 1.57. The Morgan fingerprint density at radius 1 is 0.857 bits per heavy atom. The summed E-state index contributed by atoms with van der Waals surface area (Å²) >= 11 is 2.19. The molecular weight excluding hydrogens is 1050 g/mol. The molecule has 3 rings (SSSR count). The Labute approximate surface area is 458 Å². The van der Waals surface area contributed by atoms with Gasteiger partial charge in [-0.25, -0.2) is 8.78 Å². The van der Waals surface area contributed by atoms with Gasteiger partial charge in [-0.1, -0.05) is 51.1 Å². The minimum absolute atomic E-state index is 0.00951. The van der Waals surface area contributed by atoms with E-state index in [1.165, 1.54) is 17.8 Å². The number of carbonyl (C=O) groups is 7. The zero-order valence-electron chi connectivity index (χ0n) is 44.6. The first-order chi connectivity index (χ1) is 36.7. The number of carbonyl (C=O) groups excluding carboxylic acids is 4. The third kappa shape index (κ3) is 29.7. The number of nitrogens with one attached hydrogen (secondary N) is 3. The van der Waals surface area contributed by atoms with Crippen LogP contribution in [-0.2, 0) is 59.1 Å². The topological polar surface area (TPSA) is 313 Å². The first-order valence-corrected chi connectivity index (χ1v) is 27.1. The molecule has 25 heteroatoms. The molecule has 3 aromatic rings. The van der Waals surface area contributed by atoms with Gasteiger partial charge in [-0.15, -0.1) is 23.5 Å². The molecule has 432 valence electrons. The maximum absolute atomic E-state index is 14.9. The summed E-state index contributed by atoms with van der Waals surface area (Å²) < 4.78 is 51.9. The van der Waals surface area contributed by atoms with Gasteiger partial charge in [0, 0.05) is 67.1 Å². The Morgan fingerprint density at radius 2 is 1.48 bits per heavy atom. The molecule has 21 nitrogen and oxygen atoms in total. The first kappa shape index (κ1) is 69.5. The van der Waals surface area contributed by atoms with Gasteiger partial charge in [-0.2, -0.15) is 0 Å². The van der Waals surface area contributed by atoms with Crippen LogP contribution in [0.2, 0.25) is 0 Å². The molecule has 0 aliphatic heterocycles. The van der Waals surface area contributed by atoms with E-state index in [9.17, 15) is 47.4 Å². The van der Waals surface area contributed by atoms with Crippen LogP contribution in [0.4, 0.5) is 8.78 Å². The molecule has 0 spiro atoms. The van der Waals surface area contributed by atoms with Crippen LogP contribution < -0.4 is 27.4 Å². The fourth-order valence-electron chi connectivity index (χ4n) is 6.94. The molecule has 3 amide bonds. The average molecular weight is 1130 g/mol. The lowest BCUT2D eigenvalue weighted by Gasteiger charge is -2.41. The van der Waals surface area contributed by atoms with E-state index in [0.717, 1.165) is 41.4 Å². The molecule has 0 fully saturated rings. The number of aliphatic carboxylic acids is 3. The largest absolute Gasteiger partial charge is 0.481 e. The highest BCUT2D eigenvalue weighted by molar-refractivity contribution is 8.00. The molecule has 10 N–H and O–H groups in total. The van der Waals surface area contributed by atoms with Crippen LogP contribution in [0.15, 0.2) is 60.8 Å². The monoisotopic (exact) mass is 1130 g/mol. The van der Waals surface area contributed by atoms with Gasteiger partial charge >= 0.3 is 17.9 Å². The molecule has 0 saturated carbocycles. The fraction of sp³-hybridized carbons (Fsp3) is 0.558. The minimum atomic E-state index is -1.18. The average Bonchev–Trinajstić information content (AvgIpc) is 3.78. The van der Waals surface area contributed by atoms with Crippen LogP contribution in [0.25, 0.3) is 11.1 Å². The van der Waals surface area contributed by atoms with Crippen LogP contribution in [0.5, 0.6) is 0 Å². The van der Waals surface area contributed by atoms with Crippen molar-refractivity contribution in [3.63, 3.8) is 0 Å². The molecule has 0 saturated heterocycles. The molecule has 1 aromatic heterocycles. The number of rotatable bonds is 38. The molecule has 0 aliphatic carbocycles. The third-order valence-corrected chi connectivity index (χ3v) is 13.0. The number of aldehydes is 1. The van der Waals surface area contributed by atoms with E-state index in [1.54, 1.807) is 18.9 Å². The van der Waals surface area contributed by atoms with Gasteiger partial charge in [0.2, 0.25) is 18.2 Å². The van der Waals surface area contributed by atoms with Crippen LogP contribution in [0, 0.1) is 17.0 Å². The Hall–Kier alpha value is -5.51. The minimum Gasteiger partial charge on any atom is -0.481 e. The summed E-state index contributed by atoms with van der Waals surface area (Å²) in [4.78, 5) is 79.4. The van der Waals surface area contributed by atoms with Crippen molar-refractivity contribution in [2.24, 2.45) is 16.9 Å². The predicted octanol–water partition coefficient (Wildman–Crippen LogP) is 3.65. The van der Waals surface area contributed by atoms with Crippen molar-refractivity contribution in [2.75, 3.05) is 103 Å². The van der Waals surface area contributed by atoms with Crippen molar-refractivity contribution in [2.45, 2.75) is 76.9 Å². The molecule has 77 heavy (non-hydrogen) atoms. The van der Waals surface area contributed by atoms with E-state index in [0.29, 0.717) is 110 Å². The van der Waals surface area contributed by atoms with Crippen molar-refractivity contribution in [1.82, 2.24) is 25.4 Å². The number of nitrogens with two attached hydrogens (primary N) is 2. The second-order valence-electron chi connectivity index (χ2n) is 17.8. The maximum atomic E-state index is 14.9. The summed E-state index contributed by atoms with van der Waals surface area (Å²) in [6.45, 7) is 13.9. The van der Waals surface area contributed by atoms with E-state index in [1.807, 2.05) is 67.9 Å². The number of hydrogen-bond acceptors (Lipinski definition) is 16. The van der Waals surface area contributed by atoms with E-state index in [4.69, 9.17) is 40.6 Å². The number of carboxylic acid groups (broad SMARTS) is 3. The number of carboxylic acids is 3. The number of nitrogens with zero attached hydrogens (tertiary/aromatic N) is 2. The summed E-state index contributed by atoms with van der Waals surface area (Å²) in [5.74, 6) is -4.59. The quantitative estimate of drug-likeness (QED) is 0.0300. The second-order valence-corrected chi connectivity index (χ2v) is 20.1. The van der Waals surface area contributed by atoms with Crippen LogP contribution in [0.3, 0.4) is 0 Å². The second kappa shape index (κ2) is 40.7. The number of likely N-dealkylation sites (N-methyl/N-ethyl adjacent to an activating group) is 1. The van der Waals surface area contributed by atoms with E-state index >= 15 is 0 Å². The Bertz CT molecular complexity index is 2170. The highest BCUT2D eigenvalue weighted by Crippen LogP contribution is 2.41. The lowest BCUT2D eigenvalue weighted by molar-refractivity contribution is -0.139.